The molecule has 0 amide bonds. The van der Waals surface area contributed by atoms with Gasteiger partial charge in [0.1, 0.15) is 5.75 Å². The van der Waals surface area contributed by atoms with Crippen LogP contribution in [0, 0.1) is 13.8 Å². The largest absolute Gasteiger partial charge is 0.496 e. The number of rotatable bonds is 4. The molecule has 0 aliphatic rings. The average Bonchev–Trinajstić information content (AvgIpc) is 2.19. The van der Waals surface area contributed by atoms with E-state index in [-0.39, 0.29) is 6.42 Å². The zero-order valence-corrected chi connectivity index (χ0v) is 11.1. The van der Waals surface area contributed by atoms with Crippen LogP contribution in [0.4, 0.5) is 0 Å². The molecule has 0 aliphatic heterocycles. The normalized spacial score (nSPS) is 11.4. The van der Waals surface area contributed by atoms with E-state index in [1.54, 1.807) is 7.11 Å². The smallest absolute Gasteiger partial charge is 0.304 e. The summed E-state index contributed by atoms with van der Waals surface area (Å²) in [6, 6.07) is 3.98. The van der Waals surface area contributed by atoms with Crippen LogP contribution in [-0.2, 0) is 10.2 Å². The molecule has 17 heavy (non-hydrogen) atoms. The van der Waals surface area contributed by atoms with Gasteiger partial charge < -0.3 is 9.84 Å². The number of hydrogen-bond acceptors (Lipinski definition) is 2. The molecule has 0 saturated heterocycles. The van der Waals surface area contributed by atoms with Crippen LogP contribution >= 0.6 is 0 Å². The Morgan fingerprint density at radius 3 is 2.41 bits per heavy atom. The predicted molar refractivity (Wildman–Crippen MR) is 67.7 cm³/mol. The Kier molecular flexibility index (Phi) is 3.81. The van der Waals surface area contributed by atoms with E-state index in [4.69, 9.17) is 9.84 Å². The van der Waals surface area contributed by atoms with Crippen molar-refractivity contribution in [2.45, 2.75) is 39.5 Å². The highest BCUT2D eigenvalue weighted by atomic mass is 16.5. The minimum absolute atomic E-state index is 0.110. The van der Waals surface area contributed by atoms with Crippen molar-refractivity contribution in [3.8, 4) is 5.75 Å². The van der Waals surface area contributed by atoms with Crippen molar-refractivity contribution < 1.29 is 14.6 Å². The molecule has 0 atom stereocenters. The summed E-state index contributed by atoms with van der Waals surface area (Å²) in [5.74, 6) is 0.0330. The van der Waals surface area contributed by atoms with E-state index < -0.39 is 11.4 Å². The molecule has 0 aliphatic carbocycles. The number of aliphatic carboxylic acids is 1. The Balaban J connectivity index is 3.22. The lowest BCUT2D eigenvalue weighted by Gasteiger charge is -2.25. The zero-order valence-electron chi connectivity index (χ0n) is 11.1. The maximum absolute atomic E-state index is 10.9. The second-order valence-electron chi connectivity index (χ2n) is 5.07. The summed E-state index contributed by atoms with van der Waals surface area (Å²) in [6.07, 6.45) is 0.110. The maximum atomic E-state index is 10.9. The van der Waals surface area contributed by atoms with E-state index in [0.717, 1.165) is 22.4 Å². The van der Waals surface area contributed by atoms with E-state index in [0.29, 0.717) is 0 Å². The third-order valence-electron chi connectivity index (χ3n) is 3.21. The second kappa shape index (κ2) is 4.78. The first-order chi connectivity index (χ1) is 7.77. The quantitative estimate of drug-likeness (QED) is 0.874. The molecule has 1 N–H and O–H groups in total. The number of ether oxygens (including phenoxy) is 1. The van der Waals surface area contributed by atoms with Crippen LogP contribution in [0.2, 0.25) is 0 Å². The van der Waals surface area contributed by atoms with Crippen LogP contribution in [0.5, 0.6) is 5.75 Å². The maximum Gasteiger partial charge on any atom is 0.304 e. The molecule has 3 nitrogen and oxygen atoms in total. The van der Waals surface area contributed by atoms with Crippen LogP contribution in [0.15, 0.2) is 12.1 Å². The van der Waals surface area contributed by atoms with Gasteiger partial charge in [0.25, 0.3) is 0 Å². The van der Waals surface area contributed by atoms with Crippen LogP contribution in [0.1, 0.15) is 37.0 Å². The standard InChI is InChI=1S/C14H20O3/c1-9-6-11(7-12(17-5)10(9)2)14(3,4)8-13(15)16/h6-7H,8H2,1-5H3,(H,15,16). The molecule has 0 fully saturated rings. The lowest BCUT2D eigenvalue weighted by atomic mass is 9.80. The Labute approximate surface area is 102 Å². The fraction of sp³-hybridized carbons (Fsp3) is 0.500. The first-order valence-corrected chi connectivity index (χ1v) is 5.65. The van der Waals surface area contributed by atoms with Crippen LogP contribution < -0.4 is 4.74 Å². The van der Waals surface area contributed by atoms with Crippen LogP contribution in [0.3, 0.4) is 0 Å². The number of carboxylic acid groups (broad SMARTS) is 1. The topological polar surface area (TPSA) is 46.5 Å². The lowest BCUT2D eigenvalue weighted by Crippen LogP contribution is -2.22. The summed E-state index contributed by atoms with van der Waals surface area (Å²) < 4.78 is 5.32. The van der Waals surface area contributed by atoms with Gasteiger partial charge in [0.2, 0.25) is 0 Å². The highest BCUT2D eigenvalue weighted by Crippen LogP contribution is 2.33. The van der Waals surface area contributed by atoms with Gasteiger partial charge in [0.15, 0.2) is 0 Å². The van der Waals surface area contributed by atoms with E-state index >= 15 is 0 Å². The van der Waals surface area contributed by atoms with Gasteiger partial charge in [-0.15, -0.1) is 0 Å². The van der Waals surface area contributed by atoms with Crippen molar-refractivity contribution in [1.29, 1.82) is 0 Å². The van der Waals surface area contributed by atoms with Gasteiger partial charge in [0.05, 0.1) is 13.5 Å². The summed E-state index contributed by atoms with van der Waals surface area (Å²) in [5.41, 5.74) is 2.83. The fourth-order valence-electron chi connectivity index (χ4n) is 1.91. The summed E-state index contributed by atoms with van der Waals surface area (Å²) in [4.78, 5) is 10.9. The Morgan fingerprint density at radius 1 is 1.35 bits per heavy atom. The summed E-state index contributed by atoms with van der Waals surface area (Å²) in [7, 11) is 1.63. The molecule has 1 aromatic carbocycles. The highest BCUT2D eigenvalue weighted by molar-refractivity contribution is 5.69. The first-order valence-electron chi connectivity index (χ1n) is 5.65. The van der Waals surface area contributed by atoms with Crippen molar-refractivity contribution >= 4 is 5.97 Å². The average molecular weight is 236 g/mol. The first kappa shape index (κ1) is 13.6. The van der Waals surface area contributed by atoms with Crippen molar-refractivity contribution in [2.75, 3.05) is 7.11 Å². The predicted octanol–water partition coefficient (Wildman–Crippen LogP) is 3.06. The molecule has 3 heteroatoms. The van der Waals surface area contributed by atoms with Crippen molar-refractivity contribution in [3.63, 3.8) is 0 Å². The van der Waals surface area contributed by atoms with Gasteiger partial charge >= 0.3 is 5.97 Å². The van der Waals surface area contributed by atoms with Crippen LogP contribution in [-0.4, -0.2) is 18.2 Å². The Morgan fingerprint density at radius 2 is 1.94 bits per heavy atom. The van der Waals surface area contributed by atoms with Gasteiger partial charge in [-0.05, 0) is 36.6 Å². The number of hydrogen-bond donors (Lipinski definition) is 1. The minimum atomic E-state index is -0.785. The molecule has 1 rings (SSSR count). The van der Waals surface area contributed by atoms with Crippen molar-refractivity contribution in [3.05, 3.63) is 28.8 Å². The Hall–Kier alpha value is -1.51. The zero-order chi connectivity index (χ0) is 13.2. The number of carbonyl (C=O) groups is 1. The van der Waals surface area contributed by atoms with Gasteiger partial charge in [-0.3, -0.25) is 4.79 Å². The molecule has 0 bridgehead atoms. The number of carboxylic acids is 1. The van der Waals surface area contributed by atoms with Gasteiger partial charge in [-0.1, -0.05) is 19.9 Å². The minimum Gasteiger partial charge on any atom is -0.496 e. The molecular weight excluding hydrogens is 216 g/mol. The molecular formula is C14H20O3. The Bertz CT molecular complexity index is 433. The van der Waals surface area contributed by atoms with E-state index in [9.17, 15) is 4.79 Å². The third kappa shape index (κ3) is 2.99. The van der Waals surface area contributed by atoms with E-state index in [1.165, 1.54) is 0 Å². The summed E-state index contributed by atoms with van der Waals surface area (Å²) >= 11 is 0. The van der Waals surface area contributed by atoms with Gasteiger partial charge in [-0.25, -0.2) is 0 Å². The van der Waals surface area contributed by atoms with E-state index in [2.05, 4.69) is 0 Å². The number of methoxy groups -OCH3 is 1. The van der Waals surface area contributed by atoms with Crippen LogP contribution in [0.25, 0.3) is 0 Å². The monoisotopic (exact) mass is 236 g/mol. The second-order valence-corrected chi connectivity index (χ2v) is 5.07. The number of aryl methyl sites for hydroxylation is 1. The van der Waals surface area contributed by atoms with E-state index in [1.807, 2.05) is 39.8 Å². The molecule has 0 aromatic heterocycles. The SMILES string of the molecule is COc1cc(C(C)(C)CC(=O)O)cc(C)c1C. The third-order valence-corrected chi connectivity index (χ3v) is 3.21. The molecule has 94 valence electrons. The summed E-state index contributed by atoms with van der Waals surface area (Å²) in [6.45, 7) is 7.88. The fourth-order valence-corrected chi connectivity index (χ4v) is 1.91. The molecule has 0 spiro atoms. The molecule has 0 heterocycles. The lowest BCUT2D eigenvalue weighted by molar-refractivity contribution is -0.138. The van der Waals surface area contributed by atoms with Gasteiger partial charge in [0, 0.05) is 5.41 Å². The molecule has 1 aromatic rings. The molecule has 0 radical (unpaired) electrons. The van der Waals surface area contributed by atoms with Crippen molar-refractivity contribution in [2.24, 2.45) is 0 Å². The molecule has 0 unspecified atom stereocenters. The summed E-state index contributed by atoms with van der Waals surface area (Å²) in [5, 5.41) is 8.93. The molecule has 0 saturated carbocycles. The highest BCUT2D eigenvalue weighted by Gasteiger charge is 2.25. The van der Waals surface area contributed by atoms with Gasteiger partial charge in [-0.2, -0.15) is 0 Å². The number of benzene rings is 1. The van der Waals surface area contributed by atoms with Crippen molar-refractivity contribution in [1.82, 2.24) is 0 Å².